The first-order chi connectivity index (χ1) is 10.5. The minimum Gasteiger partial charge on any atom is -0.391 e. The van der Waals surface area contributed by atoms with Gasteiger partial charge in [0.05, 0.1) is 6.10 Å². The second-order valence-corrected chi connectivity index (χ2v) is 6.15. The molecule has 1 aliphatic rings. The number of benzene rings is 1. The molecule has 6 heteroatoms. The van der Waals surface area contributed by atoms with E-state index >= 15 is 0 Å². The molecule has 0 aliphatic heterocycles. The largest absolute Gasteiger partial charge is 0.391 e. The van der Waals surface area contributed by atoms with Crippen molar-refractivity contribution >= 4 is 29.1 Å². The summed E-state index contributed by atoms with van der Waals surface area (Å²) in [5.74, 6) is -1.30. The Bertz CT molecular complexity index is 556. The summed E-state index contributed by atoms with van der Waals surface area (Å²) < 4.78 is 0. The van der Waals surface area contributed by atoms with E-state index in [-0.39, 0.29) is 12.5 Å². The van der Waals surface area contributed by atoms with Crippen molar-refractivity contribution in [2.24, 2.45) is 5.92 Å². The summed E-state index contributed by atoms with van der Waals surface area (Å²) in [5, 5.41) is 15.5. The molecular weight excluding hydrogens is 304 g/mol. The first-order valence-corrected chi connectivity index (χ1v) is 7.88. The van der Waals surface area contributed by atoms with E-state index in [1.807, 2.05) is 6.92 Å². The fourth-order valence-electron chi connectivity index (χ4n) is 2.64. The van der Waals surface area contributed by atoms with Gasteiger partial charge in [-0.3, -0.25) is 9.59 Å². The molecule has 0 saturated heterocycles. The first-order valence-electron chi connectivity index (χ1n) is 7.51. The van der Waals surface area contributed by atoms with E-state index < -0.39 is 17.9 Å². The summed E-state index contributed by atoms with van der Waals surface area (Å²) in [7, 11) is 0. The van der Waals surface area contributed by atoms with Gasteiger partial charge in [-0.05, 0) is 43.4 Å². The zero-order chi connectivity index (χ0) is 16.1. The Kier molecular flexibility index (Phi) is 5.80. The number of carbonyl (C=O) groups excluding carboxylic acids is 2. The van der Waals surface area contributed by atoms with E-state index in [0.717, 1.165) is 31.2 Å². The monoisotopic (exact) mass is 324 g/mol. The van der Waals surface area contributed by atoms with Crippen molar-refractivity contribution in [3.8, 4) is 0 Å². The Labute approximate surface area is 135 Å². The van der Waals surface area contributed by atoms with Gasteiger partial charge < -0.3 is 15.7 Å². The van der Waals surface area contributed by atoms with Crippen LogP contribution in [-0.4, -0.2) is 29.6 Å². The van der Waals surface area contributed by atoms with E-state index in [0.29, 0.717) is 10.7 Å². The minimum atomic E-state index is -0.765. The molecule has 1 fully saturated rings. The topological polar surface area (TPSA) is 78.4 Å². The standard InChI is InChI=1S/C16H21ClN2O3/c1-10-6-7-12(8-13(10)17)19-16(22)15(21)18-9-14(20)11-4-2-3-5-11/h6-8,11,14,20H,2-5,9H2,1H3,(H,18,21)(H,19,22). The average molecular weight is 325 g/mol. The number of anilines is 1. The van der Waals surface area contributed by atoms with Crippen molar-refractivity contribution in [3.63, 3.8) is 0 Å². The molecule has 0 spiro atoms. The fraction of sp³-hybridized carbons (Fsp3) is 0.500. The lowest BCUT2D eigenvalue weighted by molar-refractivity contribution is -0.136. The second-order valence-electron chi connectivity index (χ2n) is 5.74. The molecule has 5 nitrogen and oxygen atoms in total. The van der Waals surface area contributed by atoms with E-state index in [2.05, 4.69) is 10.6 Å². The molecule has 22 heavy (non-hydrogen) atoms. The predicted octanol–water partition coefficient (Wildman–Crippen LogP) is 2.25. The number of hydrogen-bond donors (Lipinski definition) is 3. The fourth-order valence-corrected chi connectivity index (χ4v) is 2.83. The zero-order valence-electron chi connectivity index (χ0n) is 12.6. The van der Waals surface area contributed by atoms with Crippen LogP contribution in [0.3, 0.4) is 0 Å². The number of nitrogens with one attached hydrogen (secondary N) is 2. The zero-order valence-corrected chi connectivity index (χ0v) is 13.3. The van der Waals surface area contributed by atoms with E-state index in [1.54, 1.807) is 18.2 Å². The summed E-state index contributed by atoms with van der Waals surface area (Å²) >= 11 is 5.97. The number of aliphatic hydroxyl groups excluding tert-OH is 1. The van der Waals surface area contributed by atoms with Crippen LogP contribution in [-0.2, 0) is 9.59 Å². The van der Waals surface area contributed by atoms with Crippen molar-refractivity contribution in [3.05, 3.63) is 28.8 Å². The second kappa shape index (κ2) is 7.61. The summed E-state index contributed by atoms with van der Waals surface area (Å²) in [6.07, 6.45) is 3.60. The Morgan fingerprint density at radius 2 is 2.00 bits per heavy atom. The summed E-state index contributed by atoms with van der Waals surface area (Å²) in [5.41, 5.74) is 1.36. The highest BCUT2D eigenvalue weighted by Gasteiger charge is 2.24. The number of halogens is 1. The molecule has 1 unspecified atom stereocenters. The van der Waals surface area contributed by atoms with Crippen molar-refractivity contribution in [1.82, 2.24) is 5.32 Å². The Morgan fingerprint density at radius 1 is 1.32 bits per heavy atom. The lowest BCUT2D eigenvalue weighted by Crippen LogP contribution is -2.41. The minimum absolute atomic E-state index is 0.103. The maximum Gasteiger partial charge on any atom is 0.313 e. The van der Waals surface area contributed by atoms with E-state index in [1.165, 1.54) is 0 Å². The number of hydrogen-bond acceptors (Lipinski definition) is 3. The number of aryl methyl sites for hydroxylation is 1. The summed E-state index contributed by atoms with van der Waals surface area (Å²) in [4.78, 5) is 23.5. The third kappa shape index (κ3) is 4.45. The van der Waals surface area contributed by atoms with Crippen LogP contribution >= 0.6 is 11.6 Å². The van der Waals surface area contributed by atoms with Gasteiger partial charge in [-0.1, -0.05) is 30.5 Å². The normalized spacial score (nSPS) is 16.3. The smallest absolute Gasteiger partial charge is 0.313 e. The predicted molar refractivity (Wildman–Crippen MR) is 85.8 cm³/mol. The molecule has 2 rings (SSSR count). The van der Waals surface area contributed by atoms with Gasteiger partial charge in [0.1, 0.15) is 0 Å². The van der Waals surface area contributed by atoms with Gasteiger partial charge in [0, 0.05) is 17.3 Å². The van der Waals surface area contributed by atoms with Crippen molar-refractivity contribution in [2.75, 3.05) is 11.9 Å². The van der Waals surface area contributed by atoms with Crippen molar-refractivity contribution in [1.29, 1.82) is 0 Å². The van der Waals surface area contributed by atoms with E-state index in [4.69, 9.17) is 11.6 Å². The molecule has 1 atom stereocenters. The van der Waals surface area contributed by atoms with Crippen LogP contribution in [0.2, 0.25) is 5.02 Å². The Hall–Kier alpha value is -1.59. The van der Waals surface area contributed by atoms with Gasteiger partial charge in [-0.15, -0.1) is 0 Å². The third-order valence-corrected chi connectivity index (χ3v) is 4.46. The van der Waals surface area contributed by atoms with Crippen molar-refractivity contribution in [2.45, 2.75) is 38.7 Å². The number of amides is 2. The molecule has 0 bridgehead atoms. The van der Waals surface area contributed by atoms with Gasteiger partial charge in [0.2, 0.25) is 0 Å². The highest BCUT2D eigenvalue weighted by Crippen LogP contribution is 2.27. The maximum absolute atomic E-state index is 11.8. The van der Waals surface area contributed by atoms with Crippen LogP contribution in [0.5, 0.6) is 0 Å². The molecule has 1 aromatic carbocycles. The molecule has 1 saturated carbocycles. The number of aliphatic hydroxyl groups is 1. The Balaban J connectivity index is 1.81. The van der Waals surface area contributed by atoms with Crippen LogP contribution in [0, 0.1) is 12.8 Å². The van der Waals surface area contributed by atoms with Gasteiger partial charge in [-0.2, -0.15) is 0 Å². The lowest BCUT2D eigenvalue weighted by atomic mass is 10.0. The van der Waals surface area contributed by atoms with Crippen LogP contribution < -0.4 is 10.6 Å². The molecule has 0 heterocycles. The molecule has 1 aliphatic carbocycles. The maximum atomic E-state index is 11.8. The van der Waals surface area contributed by atoms with Gasteiger partial charge in [-0.25, -0.2) is 0 Å². The van der Waals surface area contributed by atoms with Gasteiger partial charge >= 0.3 is 11.8 Å². The van der Waals surface area contributed by atoms with Crippen LogP contribution in [0.15, 0.2) is 18.2 Å². The van der Waals surface area contributed by atoms with Crippen LogP contribution in [0.4, 0.5) is 5.69 Å². The highest BCUT2D eigenvalue weighted by atomic mass is 35.5. The SMILES string of the molecule is Cc1ccc(NC(=O)C(=O)NCC(O)C2CCCC2)cc1Cl. The summed E-state index contributed by atoms with van der Waals surface area (Å²) in [6, 6.07) is 5.04. The average Bonchev–Trinajstić information content (AvgIpc) is 3.02. The molecule has 120 valence electrons. The summed E-state index contributed by atoms with van der Waals surface area (Å²) in [6.45, 7) is 1.95. The van der Waals surface area contributed by atoms with Gasteiger partial charge in [0.25, 0.3) is 0 Å². The van der Waals surface area contributed by atoms with Crippen LogP contribution in [0.1, 0.15) is 31.2 Å². The molecule has 2 amide bonds. The highest BCUT2D eigenvalue weighted by molar-refractivity contribution is 6.39. The van der Waals surface area contributed by atoms with Gasteiger partial charge in [0.15, 0.2) is 0 Å². The third-order valence-electron chi connectivity index (χ3n) is 4.05. The first kappa shape index (κ1) is 16.8. The van der Waals surface area contributed by atoms with E-state index in [9.17, 15) is 14.7 Å². The Morgan fingerprint density at radius 3 is 2.64 bits per heavy atom. The lowest BCUT2D eigenvalue weighted by Gasteiger charge is -2.17. The molecular formula is C16H21ClN2O3. The van der Waals surface area contributed by atoms with Crippen molar-refractivity contribution < 1.29 is 14.7 Å². The molecule has 0 aromatic heterocycles. The molecule has 3 N–H and O–H groups in total. The van der Waals surface area contributed by atoms with Crippen LogP contribution in [0.25, 0.3) is 0 Å². The molecule has 0 radical (unpaired) electrons. The molecule has 1 aromatic rings. The quantitative estimate of drug-likeness (QED) is 0.743. The number of carbonyl (C=O) groups is 2. The number of rotatable bonds is 4.